The zero-order valence-electron chi connectivity index (χ0n) is 15.8. The summed E-state index contributed by atoms with van der Waals surface area (Å²) < 4.78 is 45.9. The molecule has 3 rings (SSSR count). The van der Waals surface area contributed by atoms with Gasteiger partial charge in [-0.1, -0.05) is 13.8 Å². The Bertz CT molecular complexity index is 795. The second-order valence-corrected chi connectivity index (χ2v) is 7.30. The predicted octanol–water partition coefficient (Wildman–Crippen LogP) is 4.20. The Hall–Kier alpha value is -2.22. The maximum atomic E-state index is 13.4. The molecule has 8 heteroatoms. The zero-order valence-corrected chi connectivity index (χ0v) is 15.8. The van der Waals surface area contributed by atoms with Gasteiger partial charge in [0.05, 0.1) is 6.10 Å². The third-order valence-corrected chi connectivity index (χ3v) is 5.25. The highest BCUT2D eigenvalue weighted by molar-refractivity contribution is 5.57. The molecular weight excluding hydrogens is 357 g/mol. The summed E-state index contributed by atoms with van der Waals surface area (Å²) in [6.07, 6.45) is -0.729. The van der Waals surface area contributed by atoms with Crippen LogP contribution in [0.4, 0.5) is 19.0 Å². The van der Waals surface area contributed by atoms with Crippen LogP contribution in [0, 0.1) is 5.41 Å². The lowest BCUT2D eigenvalue weighted by Crippen LogP contribution is -2.61. The molecule has 2 aromatic rings. The van der Waals surface area contributed by atoms with Crippen LogP contribution < -0.4 is 4.90 Å². The van der Waals surface area contributed by atoms with Gasteiger partial charge in [0.1, 0.15) is 5.82 Å². The van der Waals surface area contributed by atoms with Crippen LogP contribution in [0.3, 0.4) is 0 Å². The number of hydrogen-bond donors (Lipinski definition) is 0. The summed E-state index contributed by atoms with van der Waals surface area (Å²) in [6, 6.07) is 4.31. The van der Waals surface area contributed by atoms with Crippen molar-refractivity contribution in [2.75, 3.05) is 18.6 Å². The van der Waals surface area contributed by atoms with Crippen LogP contribution in [0.25, 0.3) is 11.4 Å². The summed E-state index contributed by atoms with van der Waals surface area (Å²) in [5.41, 5.74) is -0.710. The van der Waals surface area contributed by atoms with Crippen LogP contribution >= 0.6 is 0 Å². The highest BCUT2D eigenvalue weighted by atomic mass is 19.4. The van der Waals surface area contributed by atoms with E-state index in [4.69, 9.17) is 4.74 Å². The molecule has 2 atom stereocenters. The minimum absolute atomic E-state index is 0.0123. The SMILES string of the molecule is CCOC1CC(N(C)c2cc(C(F)(F)F)nc(-c3cccnc3)n2)C1(C)C. The Kier molecular flexibility index (Phi) is 5.12. The first-order valence-electron chi connectivity index (χ1n) is 8.85. The van der Waals surface area contributed by atoms with Gasteiger partial charge in [0.25, 0.3) is 0 Å². The van der Waals surface area contributed by atoms with Crippen molar-refractivity contribution in [1.29, 1.82) is 0 Å². The van der Waals surface area contributed by atoms with E-state index < -0.39 is 11.9 Å². The van der Waals surface area contributed by atoms with Crippen molar-refractivity contribution in [3.63, 3.8) is 0 Å². The van der Waals surface area contributed by atoms with Crippen LogP contribution in [-0.4, -0.2) is 40.8 Å². The fraction of sp³-hybridized carbons (Fsp3) is 0.526. The van der Waals surface area contributed by atoms with E-state index in [0.717, 1.165) is 12.5 Å². The van der Waals surface area contributed by atoms with Crippen LogP contribution in [0.2, 0.25) is 0 Å². The first-order valence-corrected chi connectivity index (χ1v) is 8.85. The van der Waals surface area contributed by atoms with Crippen LogP contribution in [-0.2, 0) is 10.9 Å². The molecule has 2 unspecified atom stereocenters. The smallest absolute Gasteiger partial charge is 0.378 e. The molecule has 5 nitrogen and oxygen atoms in total. The molecule has 0 saturated heterocycles. The average Bonchev–Trinajstić information content (AvgIpc) is 2.64. The van der Waals surface area contributed by atoms with Crippen LogP contribution in [0.15, 0.2) is 30.6 Å². The van der Waals surface area contributed by atoms with Crippen LogP contribution in [0.5, 0.6) is 0 Å². The van der Waals surface area contributed by atoms with E-state index in [1.54, 1.807) is 30.3 Å². The van der Waals surface area contributed by atoms with Gasteiger partial charge in [-0.15, -0.1) is 0 Å². The Labute approximate surface area is 156 Å². The highest BCUT2D eigenvalue weighted by Crippen LogP contribution is 2.46. The van der Waals surface area contributed by atoms with Crippen LogP contribution in [0.1, 0.15) is 32.9 Å². The first-order chi connectivity index (χ1) is 12.6. The minimum Gasteiger partial charge on any atom is -0.378 e. The van der Waals surface area contributed by atoms with Gasteiger partial charge in [0.2, 0.25) is 0 Å². The van der Waals surface area contributed by atoms with Gasteiger partial charge < -0.3 is 9.64 Å². The van der Waals surface area contributed by atoms with Gasteiger partial charge in [-0.25, -0.2) is 9.97 Å². The van der Waals surface area contributed by atoms with Gasteiger partial charge in [-0.2, -0.15) is 13.2 Å². The standard InChI is InChI=1S/C19H23F3N4O/c1-5-27-15-10-14(18(15,2)3)26(4)16-9-13(19(20,21)22)24-17(25-16)12-7-6-8-23-11-12/h6-9,11,14-15H,5,10H2,1-4H3. The zero-order chi connectivity index (χ0) is 19.8. The average molecular weight is 380 g/mol. The number of rotatable bonds is 5. The number of aromatic nitrogens is 3. The Morgan fingerprint density at radius 2 is 2.04 bits per heavy atom. The molecule has 0 amide bonds. The first kappa shape index (κ1) is 19.5. The Morgan fingerprint density at radius 3 is 2.59 bits per heavy atom. The lowest BCUT2D eigenvalue weighted by molar-refractivity contribution is -0.141. The van der Waals surface area contributed by atoms with Crippen molar-refractivity contribution in [2.45, 2.75) is 45.5 Å². The maximum absolute atomic E-state index is 13.4. The van der Waals surface area contributed by atoms with Crippen molar-refractivity contribution in [3.8, 4) is 11.4 Å². The predicted molar refractivity (Wildman–Crippen MR) is 96.3 cm³/mol. The van der Waals surface area contributed by atoms with E-state index in [9.17, 15) is 13.2 Å². The van der Waals surface area contributed by atoms with E-state index in [1.807, 2.05) is 6.92 Å². The Morgan fingerprint density at radius 1 is 1.30 bits per heavy atom. The van der Waals surface area contributed by atoms with Gasteiger partial charge in [-0.05, 0) is 25.5 Å². The Balaban J connectivity index is 1.98. The monoisotopic (exact) mass is 380 g/mol. The number of anilines is 1. The third-order valence-electron chi connectivity index (χ3n) is 5.25. The molecule has 27 heavy (non-hydrogen) atoms. The summed E-state index contributed by atoms with van der Waals surface area (Å²) in [7, 11) is 1.77. The lowest BCUT2D eigenvalue weighted by atomic mass is 9.64. The maximum Gasteiger partial charge on any atom is 0.433 e. The second kappa shape index (κ2) is 7.07. The number of alkyl halides is 3. The van der Waals surface area contributed by atoms with E-state index in [2.05, 4.69) is 28.8 Å². The van der Waals surface area contributed by atoms with Crippen molar-refractivity contribution in [3.05, 3.63) is 36.3 Å². The molecule has 0 N–H and O–H groups in total. The fourth-order valence-corrected chi connectivity index (χ4v) is 3.55. The van der Waals surface area contributed by atoms with Gasteiger partial charge in [0.15, 0.2) is 11.5 Å². The molecule has 0 aromatic carbocycles. The molecule has 1 aliphatic carbocycles. The molecule has 2 heterocycles. The largest absolute Gasteiger partial charge is 0.433 e. The molecular formula is C19H23F3N4O. The molecule has 1 fully saturated rings. The fourth-order valence-electron chi connectivity index (χ4n) is 3.55. The summed E-state index contributed by atoms with van der Waals surface area (Å²) in [6.45, 7) is 6.67. The minimum atomic E-state index is -4.56. The number of ether oxygens (including phenoxy) is 1. The van der Waals surface area contributed by atoms with E-state index in [0.29, 0.717) is 12.2 Å². The molecule has 146 valence electrons. The van der Waals surface area contributed by atoms with Crippen molar-refractivity contribution in [2.24, 2.45) is 5.41 Å². The van der Waals surface area contributed by atoms with Crippen molar-refractivity contribution >= 4 is 5.82 Å². The van der Waals surface area contributed by atoms with Gasteiger partial charge >= 0.3 is 6.18 Å². The summed E-state index contributed by atoms with van der Waals surface area (Å²) in [5, 5.41) is 0. The molecule has 1 aliphatic rings. The number of nitrogens with zero attached hydrogens (tertiary/aromatic N) is 4. The molecule has 0 aliphatic heterocycles. The third kappa shape index (κ3) is 3.76. The van der Waals surface area contributed by atoms with Crippen molar-refractivity contribution in [1.82, 2.24) is 15.0 Å². The van der Waals surface area contributed by atoms with Gasteiger partial charge in [-0.3, -0.25) is 4.98 Å². The normalized spacial score (nSPS) is 21.6. The number of hydrogen-bond acceptors (Lipinski definition) is 5. The van der Waals surface area contributed by atoms with Crippen molar-refractivity contribution < 1.29 is 17.9 Å². The number of pyridine rings is 1. The topological polar surface area (TPSA) is 51.1 Å². The van der Waals surface area contributed by atoms with E-state index in [-0.39, 0.29) is 29.2 Å². The molecule has 2 aromatic heterocycles. The summed E-state index contributed by atoms with van der Waals surface area (Å²) >= 11 is 0. The second-order valence-electron chi connectivity index (χ2n) is 7.30. The van der Waals surface area contributed by atoms with E-state index in [1.165, 1.54) is 6.20 Å². The molecule has 1 saturated carbocycles. The van der Waals surface area contributed by atoms with E-state index >= 15 is 0 Å². The van der Waals surface area contributed by atoms with Gasteiger partial charge in [0, 0.05) is 49.1 Å². The summed E-state index contributed by atoms with van der Waals surface area (Å²) in [4.78, 5) is 13.9. The molecule has 0 spiro atoms. The lowest BCUT2D eigenvalue weighted by Gasteiger charge is -2.55. The summed E-state index contributed by atoms with van der Waals surface area (Å²) in [5.74, 6) is 0.252. The highest BCUT2D eigenvalue weighted by Gasteiger charge is 2.51. The molecule has 0 bridgehead atoms. The molecule has 0 radical (unpaired) electrons. The number of halogens is 3. The quantitative estimate of drug-likeness (QED) is 0.778.